The summed E-state index contributed by atoms with van der Waals surface area (Å²) in [6, 6.07) is 6.28. The molecule has 116 valence electrons. The SMILES string of the molecule is FC(F)(F)c1ccc(N2CCC(CNC3CC3)CC2)cc1. The normalized spacial score (nSPS) is 20.8. The summed E-state index contributed by atoms with van der Waals surface area (Å²) in [5.74, 6) is 0.705. The molecule has 0 aromatic heterocycles. The fourth-order valence-corrected chi connectivity index (χ4v) is 2.88. The van der Waals surface area contributed by atoms with E-state index in [0.717, 1.165) is 44.2 Å². The second-order valence-corrected chi connectivity index (χ2v) is 6.16. The van der Waals surface area contributed by atoms with Crippen molar-refractivity contribution in [3.8, 4) is 0 Å². The molecular weight excluding hydrogens is 277 g/mol. The minimum atomic E-state index is -4.25. The number of piperidine rings is 1. The van der Waals surface area contributed by atoms with Crippen molar-refractivity contribution in [3.63, 3.8) is 0 Å². The Morgan fingerprint density at radius 3 is 2.14 bits per heavy atom. The van der Waals surface area contributed by atoms with Gasteiger partial charge in [-0.1, -0.05) is 0 Å². The van der Waals surface area contributed by atoms with Gasteiger partial charge in [0.25, 0.3) is 0 Å². The Bertz CT molecular complexity index is 457. The van der Waals surface area contributed by atoms with E-state index in [0.29, 0.717) is 5.92 Å². The highest BCUT2D eigenvalue weighted by Crippen LogP contribution is 2.31. The van der Waals surface area contributed by atoms with Crippen LogP contribution in [-0.2, 0) is 6.18 Å². The van der Waals surface area contributed by atoms with E-state index in [1.54, 1.807) is 12.1 Å². The number of rotatable bonds is 4. The van der Waals surface area contributed by atoms with Crippen LogP contribution in [0.5, 0.6) is 0 Å². The number of nitrogens with zero attached hydrogens (tertiary/aromatic N) is 1. The first-order valence-corrected chi connectivity index (χ1v) is 7.68. The largest absolute Gasteiger partial charge is 0.416 e. The fourth-order valence-electron chi connectivity index (χ4n) is 2.88. The first-order valence-electron chi connectivity index (χ1n) is 7.68. The lowest BCUT2D eigenvalue weighted by atomic mass is 9.96. The Morgan fingerprint density at radius 1 is 1.00 bits per heavy atom. The molecular formula is C16H21F3N2. The second-order valence-electron chi connectivity index (χ2n) is 6.16. The van der Waals surface area contributed by atoms with E-state index < -0.39 is 11.7 Å². The topological polar surface area (TPSA) is 15.3 Å². The van der Waals surface area contributed by atoms with Crippen LogP contribution < -0.4 is 10.2 Å². The number of anilines is 1. The second kappa shape index (κ2) is 5.87. The van der Waals surface area contributed by atoms with Crippen LogP contribution in [0.2, 0.25) is 0 Å². The molecule has 5 heteroatoms. The molecule has 1 aromatic carbocycles. The van der Waals surface area contributed by atoms with Gasteiger partial charge in [0, 0.05) is 24.8 Å². The highest BCUT2D eigenvalue weighted by Gasteiger charge is 2.30. The van der Waals surface area contributed by atoms with E-state index >= 15 is 0 Å². The molecule has 1 heterocycles. The lowest BCUT2D eigenvalue weighted by Gasteiger charge is -2.34. The van der Waals surface area contributed by atoms with Gasteiger partial charge in [0.2, 0.25) is 0 Å². The van der Waals surface area contributed by atoms with E-state index in [1.807, 2.05) is 0 Å². The molecule has 2 fully saturated rings. The number of benzene rings is 1. The van der Waals surface area contributed by atoms with Crippen molar-refractivity contribution < 1.29 is 13.2 Å². The molecule has 0 radical (unpaired) electrons. The van der Waals surface area contributed by atoms with Gasteiger partial charge in [-0.3, -0.25) is 0 Å². The molecule has 1 N–H and O–H groups in total. The first-order chi connectivity index (χ1) is 10.0. The zero-order chi connectivity index (χ0) is 14.9. The van der Waals surface area contributed by atoms with Crippen molar-refractivity contribution in [2.75, 3.05) is 24.5 Å². The third-order valence-electron chi connectivity index (χ3n) is 4.45. The molecule has 1 saturated carbocycles. The van der Waals surface area contributed by atoms with Crippen molar-refractivity contribution in [1.29, 1.82) is 0 Å². The Hall–Kier alpha value is -1.23. The molecule has 2 aliphatic rings. The lowest BCUT2D eigenvalue weighted by molar-refractivity contribution is -0.137. The summed E-state index contributed by atoms with van der Waals surface area (Å²) in [6.07, 6.45) is 0.594. The maximum Gasteiger partial charge on any atom is 0.416 e. The predicted octanol–water partition coefficient (Wildman–Crippen LogP) is 3.67. The number of nitrogens with one attached hydrogen (secondary N) is 1. The van der Waals surface area contributed by atoms with Gasteiger partial charge in [0.05, 0.1) is 5.56 Å². The van der Waals surface area contributed by atoms with Gasteiger partial charge >= 0.3 is 6.18 Å². The Morgan fingerprint density at radius 2 is 1.62 bits per heavy atom. The van der Waals surface area contributed by atoms with Crippen LogP contribution in [0, 0.1) is 5.92 Å². The fraction of sp³-hybridized carbons (Fsp3) is 0.625. The van der Waals surface area contributed by atoms with Crippen LogP contribution in [0.1, 0.15) is 31.2 Å². The maximum absolute atomic E-state index is 12.5. The molecule has 1 aromatic rings. The van der Waals surface area contributed by atoms with E-state index in [9.17, 15) is 13.2 Å². The number of alkyl halides is 3. The minimum Gasteiger partial charge on any atom is -0.372 e. The van der Waals surface area contributed by atoms with Crippen LogP contribution in [0.25, 0.3) is 0 Å². The summed E-state index contributed by atoms with van der Waals surface area (Å²) in [4.78, 5) is 2.19. The molecule has 0 unspecified atom stereocenters. The molecule has 0 spiro atoms. The molecule has 2 nitrogen and oxygen atoms in total. The monoisotopic (exact) mass is 298 g/mol. The van der Waals surface area contributed by atoms with Crippen LogP contribution in [0.15, 0.2) is 24.3 Å². The Balaban J connectivity index is 1.51. The highest BCUT2D eigenvalue weighted by atomic mass is 19.4. The van der Waals surface area contributed by atoms with Gasteiger partial charge in [0.1, 0.15) is 0 Å². The molecule has 0 atom stereocenters. The molecule has 21 heavy (non-hydrogen) atoms. The minimum absolute atomic E-state index is 0.574. The van der Waals surface area contributed by atoms with Crippen molar-refractivity contribution in [2.24, 2.45) is 5.92 Å². The summed E-state index contributed by atoms with van der Waals surface area (Å²) in [5, 5.41) is 3.56. The third-order valence-corrected chi connectivity index (χ3v) is 4.45. The lowest BCUT2D eigenvalue weighted by Crippen LogP contribution is -2.37. The van der Waals surface area contributed by atoms with Gasteiger partial charge in [-0.15, -0.1) is 0 Å². The quantitative estimate of drug-likeness (QED) is 0.912. The van der Waals surface area contributed by atoms with Crippen LogP contribution in [-0.4, -0.2) is 25.7 Å². The summed E-state index contributed by atoms with van der Waals surface area (Å²) in [7, 11) is 0. The number of halogens is 3. The third kappa shape index (κ3) is 3.90. The summed E-state index contributed by atoms with van der Waals surface area (Å²) in [6.45, 7) is 2.95. The number of hydrogen-bond donors (Lipinski definition) is 1. The average Bonchev–Trinajstić information content (AvgIpc) is 3.29. The van der Waals surface area contributed by atoms with Crippen LogP contribution in [0.3, 0.4) is 0 Å². The molecule has 0 amide bonds. The van der Waals surface area contributed by atoms with Gasteiger partial charge < -0.3 is 10.2 Å². The Labute approximate surface area is 123 Å². The molecule has 1 aliphatic heterocycles. The Kier molecular flexibility index (Phi) is 4.11. The molecule has 1 aliphatic carbocycles. The van der Waals surface area contributed by atoms with Crippen LogP contribution >= 0.6 is 0 Å². The summed E-state index contributed by atoms with van der Waals surface area (Å²) in [5.41, 5.74) is 0.325. The van der Waals surface area contributed by atoms with Crippen molar-refractivity contribution in [2.45, 2.75) is 37.9 Å². The number of hydrogen-bond acceptors (Lipinski definition) is 2. The zero-order valence-corrected chi connectivity index (χ0v) is 12.0. The van der Waals surface area contributed by atoms with Crippen LogP contribution in [0.4, 0.5) is 18.9 Å². The van der Waals surface area contributed by atoms with E-state index in [4.69, 9.17) is 0 Å². The van der Waals surface area contributed by atoms with Gasteiger partial charge in [-0.25, -0.2) is 0 Å². The standard InChI is InChI=1S/C16H21F3N2/c17-16(18,19)13-1-5-15(6-2-13)21-9-7-12(8-10-21)11-20-14-3-4-14/h1-2,5-6,12,14,20H,3-4,7-11H2. The smallest absolute Gasteiger partial charge is 0.372 e. The molecule has 0 bridgehead atoms. The van der Waals surface area contributed by atoms with E-state index in [-0.39, 0.29) is 0 Å². The van der Waals surface area contributed by atoms with Crippen molar-refractivity contribution in [3.05, 3.63) is 29.8 Å². The summed E-state index contributed by atoms with van der Waals surface area (Å²) < 4.78 is 37.6. The van der Waals surface area contributed by atoms with Crippen molar-refractivity contribution in [1.82, 2.24) is 5.32 Å². The van der Waals surface area contributed by atoms with Gasteiger partial charge in [-0.05, 0) is 62.4 Å². The average molecular weight is 298 g/mol. The van der Waals surface area contributed by atoms with Gasteiger partial charge in [-0.2, -0.15) is 13.2 Å². The van der Waals surface area contributed by atoms with E-state index in [1.165, 1.54) is 25.0 Å². The van der Waals surface area contributed by atoms with Crippen molar-refractivity contribution >= 4 is 5.69 Å². The zero-order valence-electron chi connectivity index (χ0n) is 12.0. The predicted molar refractivity (Wildman–Crippen MR) is 77.4 cm³/mol. The van der Waals surface area contributed by atoms with Gasteiger partial charge in [0.15, 0.2) is 0 Å². The molecule has 3 rings (SSSR count). The van der Waals surface area contributed by atoms with E-state index in [2.05, 4.69) is 10.2 Å². The maximum atomic E-state index is 12.5. The molecule has 1 saturated heterocycles. The first kappa shape index (κ1) is 14.7. The summed E-state index contributed by atoms with van der Waals surface area (Å²) >= 11 is 0. The highest BCUT2D eigenvalue weighted by molar-refractivity contribution is 5.48.